The van der Waals surface area contributed by atoms with Crippen molar-refractivity contribution in [3.05, 3.63) is 11.8 Å². The van der Waals surface area contributed by atoms with Crippen LogP contribution in [0.3, 0.4) is 0 Å². The quantitative estimate of drug-likeness (QED) is 0.611. The van der Waals surface area contributed by atoms with E-state index in [9.17, 15) is 13.2 Å². The number of hydrogen-bond acceptors (Lipinski definition) is 4. The topological polar surface area (TPSA) is 77.8 Å². The molecule has 66 valence electrons. The Hall–Kier alpha value is -1.53. The first-order valence-corrected chi connectivity index (χ1v) is 2.87. The summed E-state index contributed by atoms with van der Waals surface area (Å²) in [6.07, 6.45) is -4.54. The Balaban J connectivity index is 3.18. The molecule has 1 rings (SSSR count). The van der Waals surface area contributed by atoms with E-state index in [1.165, 1.54) is 0 Å². The van der Waals surface area contributed by atoms with Gasteiger partial charge >= 0.3 is 6.18 Å². The van der Waals surface area contributed by atoms with Crippen LogP contribution in [0.1, 0.15) is 5.69 Å². The number of anilines is 2. The summed E-state index contributed by atoms with van der Waals surface area (Å²) in [5, 5.41) is 0. The third-order valence-electron chi connectivity index (χ3n) is 1.05. The standard InChI is InChI=1S/C5H5F3N4/c6-5(7,8)2-1-3(9)12-4(10)11-2/h1H,(H4,9,10,11,12). The lowest BCUT2D eigenvalue weighted by atomic mass is 10.4. The highest BCUT2D eigenvalue weighted by molar-refractivity contribution is 5.36. The van der Waals surface area contributed by atoms with Crippen molar-refractivity contribution >= 4 is 11.8 Å². The Morgan fingerprint density at radius 1 is 1.17 bits per heavy atom. The molecule has 0 spiro atoms. The van der Waals surface area contributed by atoms with Crippen LogP contribution in [-0.2, 0) is 6.18 Å². The van der Waals surface area contributed by atoms with Gasteiger partial charge in [-0.25, -0.2) is 4.98 Å². The summed E-state index contributed by atoms with van der Waals surface area (Å²) in [7, 11) is 0. The first-order chi connectivity index (χ1) is 5.39. The number of nitrogens with zero attached hydrogens (tertiary/aromatic N) is 2. The lowest BCUT2D eigenvalue weighted by molar-refractivity contribution is -0.141. The van der Waals surface area contributed by atoms with Crippen molar-refractivity contribution in [3.63, 3.8) is 0 Å². The van der Waals surface area contributed by atoms with Gasteiger partial charge in [0.05, 0.1) is 0 Å². The normalized spacial score (nSPS) is 11.6. The molecule has 0 saturated carbocycles. The molecule has 4 N–H and O–H groups in total. The molecule has 0 aliphatic carbocycles. The minimum absolute atomic E-state index is 0.296. The van der Waals surface area contributed by atoms with Gasteiger partial charge in [-0.1, -0.05) is 0 Å². The zero-order valence-electron chi connectivity index (χ0n) is 5.76. The fourth-order valence-corrected chi connectivity index (χ4v) is 0.631. The Kier molecular flexibility index (Phi) is 1.79. The molecule has 4 nitrogen and oxygen atoms in total. The average molecular weight is 178 g/mol. The maximum atomic E-state index is 11.9. The minimum Gasteiger partial charge on any atom is -0.384 e. The largest absolute Gasteiger partial charge is 0.433 e. The summed E-state index contributed by atoms with van der Waals surface area (Å²) < 4.78 is 35.8. The van der Waals surface area contributed by atoms with Crippen LogP contribution >= 0.6 is 0 Å². The molecule has 0 fully saturated rings. The van der Waals surface area contributed by atoms with Gasteiger partial charge in [0, 0.05) is 6.07 Å². The van der Waals surface area contributed by atoms with Crippen molar-refractivity contribution in [1.82, 2.24) is 9.97 Å². The summed E-state index contributed by atoms with van der Waals surface area (Å²) >= 11 is 0. The van der Waals surface area contributed by atoms with Gasteiger partial charge in [0.25, 0.3) is 0 Å². The fraction of sp³-hybridized carbons (Fsp3) is 0.200. The highest BCUT2D eigenvalue weighted by Gasteiger charge is 2.33. The molecule has 12 heavy (non-hydrogen) atoms. The van der Waals surface area contributed by atoms with Crippen LogP contribution in [0.4, 0.5) is 24.9 Å². The Morgan fingerprint density at radius 3 is 2.17 bits per heavy atom. The van der Waals surface area contributed by atoms with Crippen LogP contribution in [0, 0.1) is 0 Å². The second-order valence-corrected chi connectivity index (χ2v) is 2.03. The van der Waals surface area contributed by atoms with Crippen molar-refractivity contribution in [2.24, 2.45) is 0 Å². The van der Waals surface area contributed by atoms with Gasteiger partial charge in [-0.2, -0.15) is 18.2 Å². The summed E-state index contributed by atoms with van der Waals surface area (Å²) in [5.41, 5.74) is 8.85. The van der Waals surface area contributed by atoms with Crippen molar-refractivity contribution in [2.75, 3.05) is 11.5 Å². The summed E-state index contributed by atoms with van der Waals surface area (Å²) in [4.78, 5) is 6.26. The molecule has 0 aromatic carbocycles. The maximum absolute atomic E-state index is 11.9. The van der Waals surface area contributed by atoms with E-state index in [1.54, 1.807) is 0 Å². The van der Waals surface area contributed by atoms with Crippen molar-refractivity contribution in [2.45, 2.75) is 6.18 Å². The van der Waals surface area contributed by atoms with E-state index < -0.39 is 17.8 Å². The number of alkyl halides is 3. The number of nitrogen functional groups attached to an aromatic ring is 2. The number of rotatable bonds is 0. The summed E-state index contributed by atoms with van der Waals surface area (Å²) in [5.74, 6) is -0.780. The lowest BCUT2D eigenvalue weighted by Gasteiger charge is -2.05. The van der Waals surface area contributed by atoms with Crippen molar-refractivity contribution in [3.8, 4) is 0 Å². The van der Waals surface area contributed by atoms with Crippen LogP contribution in [0.5, 0.6) is 0 Å². The third-order valence-corrected chi connectivity index (χ3v) is 1.05. The van der Waals surface area contributed by atoms with E-state index in [1.807, 2.05) is 0 Å². The zero-order chi connectivity index (χ0) is 9.35. The second kappa shape index (κ2) is 2.50. The van der Waals surface area contributed by atoms with Gasteiger partial charge in [-0.15, -0.1) is 0 Å². The molecule has 1 aromatic heterocycles. The van der Waals surface area contributed by atoms with Crippen molar-refractivity contribution < 1.29 is 13.2 Å². The number of hydrogen-bond donors (Lipinski definition) is 2. The van der Waals surface area contributed by atoms with E-state index in [4.69, 9.17) is 11.5 Å². The monoisotopic (exact) mass is 178 g/mol. The zero-order valence-corrected chi connectivity index (χ0v) is 5.76. The van der Waals surface area contributed by atoms with Crippen LogP contribution in [-0.4, -0.2) is 9.97 Å². The maximum Gasteiger partial charge on any atom is 0.433 e. The molecule has 0 aliphatic rings. The van der Waals surface area contributed by atoms with E-state index in [0.717, 1.165) is 0 Å². The fourth-order valence-electron chi connectivity index (χ4n) is 0.631. The number of aromatic nitrogens is 2. The van der Waals surface area contributed by atoms with Gasteiger partial charge in [0.15, 0.2) is 5.69 Å². The van der Waals surface area contributed by atoms with Gasteiger partial charge in [-0.05, 0) is 0 Å². The molecule has 0 atom stereocenters. The first-order valence-electron chi connectivity index (χ1n) is 2.87. The van der Waals surface area contributed by atoms with Gasteiger partial charge in [0.1, 0.15) is 5.82 Å². The van der Waals surface area contributed by atoms with Crippen LogP contribution < -0.4 is 11.5 Å². The Morgan fingerprint density at radius 2 is 1.75 bits per heavy atom. The second-order valence-electron chi connectivity index (χ2n) is 2.03. The third kappa shape index (κ3) is 1.74. The molecular formula is C5H5F3N4. The lowest BCUT2D eigenvalue weighted by Crippen LogP contribution is -2.11. The molecule has 1 aromatic rings. The predicted molar refractivity (Wildman–Crippen MR) is 35.9 cm³/mol. The van der Waals surface area contributed by atoms with Gasteiger partial charge in [-0.3, -0.25) is 0 Å². The molecule has 0 bridgehead atoms. The van der Waals surface area contributed by atoms with Gasteiger partial charge < -0.3 is 11.5 Å². The SMILES string of the molecule is Nc1cc(C(F)(F)F)nc(N)n1. The van der Waals surface area contributed by atoms with E-state index in [-0.39, 0.29) is 5.82 Å². The smallest absolute Gasteiger partial charge is 0.384 e. The molecule has 0 saturated heterocycles. The molecular weight excluding hydrogens is 173 g/mol. The number of halogens is 3. The molecule has 7 heteroatoms. The Labute approximate surface area is 65.4 Å². The highest BCUT2D eigenvalue weighted by atomic mass is 19.4. The van der Waals surface area contributed by atoms with E-state index in [0.29, 0.717) is 6.07 Å². The number of nitrogens with two attached hydrogens (primary N) is 2. The highest BCUT2D eigenvalue weighted by Crippen LogP contribution is 2.28. The minimum atomic E-state index is -4.54. The molecule has 0 radical (unpaired) electrons. The summed E-state index contributed by atoms with van der Waals surface area (Å²) in [6, 6.07) is 0.621. The average Bonchev–Trinajstić information content (AvgIpc) is 1.82. The molecule has 0 unspecified atom stereocenters. The predicted octanol–water partition coefficient (Wildman–Crippen LogP) is 0.660. The van der Waals surface area contributed by atoms with Gasteiger partial charge in [0.2, 0.25) is 5.95 Å². The van der Waals surface area contributed by atoms with Crippen LogP contribution in [0.2, 0.25) is 0 Å². The van der Waals surface area contributed by atoms with E-state index in [2.05, 4.69) is 9.97 Å². The van der Waals surface area contributed by atoms with Crippen LogP contribution in [0.15, 0.2) is 6.07 Å². The van der Waals surface area contributed by atoms with Crippen molar-refractivity contribution in [1.29, 1.82) is 0 Å². The molecule has 1 heterocycles. The summed E-state index contributed by atoms with van der Waals surface area (Å²) in [6.45, 7) is 0. The van der Waals surface area contributed by atoms with E-state index >= 15 is 0 Å². The van der Waals surface area contributed by atoms with Crippen LogP contribution in [0.25, 0.3) is 0 Å². The first kappa shape index (κ1) is 8.57. The molecule has 0 aliphatic heterocycles. The Bertz CT molecular complexity index is 275. The molecule has 0 amide bonds.